The first-order valence-electron chi connectivity index (χ1n) is 6.18. The van der Waals surface area contributed by atoms with Gasteiger partial charge >= 0.3 is 0 Å². The number of carbonyl (C=O) groups is 1. The summed E-state index contributed by atoms with van der Waals surface area (Å²) in [6.45, 7) is 1.83. The van der Waals surface area contributed by atoms with Gasteiger partial charge in [0.1, 0.15) is 0 Å². The maximum absolute atomic E-state index is 11.9. The van der Waals surface area contributed by atoms with Crippen LogP contribution in [0.2, 0.25) is 0 Å². The third kappa shape index (κ3) is 2.93. The topological polar surface area (TPSA) is 58.1 Å². The van der Waals surface area contributed by atoms with E-state index in [0.717, 1.165) is 37.3 Å². The Labute approximate surface area is 119 Å². The number of hydrogen-bond donors (Lipinski definition) is 1. The van der Waals surface area contributed by atoms with Gasteiger partial charge in [-0.1, -0.05) is 0 Å². The standard InChI is InChI=1S/C12H14N4OS2/c17-12(9-3-6-18-8-9)14-10-1-4-16(5-2-10)11-7-13-19-15-11/h3,6-8,10H,1-2,4-5H2,(H,14,17). The van der Waals surface area contributed by atoms with Crippen LogP contribution in [0.1, 0.15) is 23.2 Å². The van der Waals surface area contributed by atoms with Crippen LogP contribution in [0.25, 0.3) is 0 Å². The van der Waals surface area contributed by atoms with E-state index < -0.39 is 0 Å². The Bertz CT molecular complexity index is 518. The van der Waals surface area contributed by atoms with E-state index in [1.54, 1.807) is 17.5 Å². The van der Waals surface area contributed by atoms with E-state index in [0.29, 0.717) is 0 Å². The number of amides is 1. The Hall–Kier alpha value is -1.47. The molecule has 19 heavy (non-hydrogen) atoms. The summed E-state index contributed by atoms with van der Waals surface area (Å²) >= 11 is 2.78. The Morgan fingerprint density at radius 1 is 1.42 bits per heavy atom. The molecule has 100 valence electrons. The van der Waals surface area contributed by atoms with Crippen LogP contribution in [0.5, 0.6) is 0 Å². The van der Waals surface area contributed by atoms with Gasteiger partial charge in [0.2, 0.25) is 0 Å². The molecular formula is C12H14N4OS2. The van der Waals surface area contributed by atoms with Gasteiger partial charge in [0.15, 0.2) is 5.82 Å². The molecule has 1 aliphatic heterocycles. The Balaban J connectivity index is 1.52. The lowest BCUT2D eigenvalue weighted by Gasteiger charge is -2.32. The Morgan fingerprint density at radius 2 is 2.26 bits per heavy atom. The predicted molar refractivity (Wildman–Crippen MR) is 76.9 cm³/mol. The molecule has 1 N–H and O–H groups in total. The Kier molecular flexibility index (Phi) is 3.74. The maximum Gasteiger partial charge on any atom is 0.252 e. The number of piperidine rings is 1. The highest BCUT2D eigenvalue weighted by Gasteiger charge is 2.22. The number of aromatic nitrogens is 2. The fraction of sp³-hybridized carbons (Fsp3) is 0.417. The summed E-state index contributed by atoms with van der Waals surface area (Å²) in [4.78, 5) is 14.2. The molecular weight excluding hydrogens is 280 g/mol. The molecule has 1 saturated heterocycles. The molecule has 1 amide bonds. The summed E-state index contributed by atoms with van der Waals surface area (Å²) in [5, 5.41) is 6.90. The number of thiophene rings is 1. The highest BCUT2D eigenvalue weighted by atomic mass is 32.1. The molecule has 2 aromatic heterocycles. The zero-order valence-corrected chi connectivity index (χ0v) is 11.9. The minimum Gasteiger partial charge on any atom is -0.354 e. The largest absolute Gasteiger partial charge is 0.354 e. The predicted octanol–water partition coefficient (Wildman–Crippen LogP) is 2.00. The van der Waals surface area contributed by atoms with E-state index in [-0.39, 0.29) is 11.9 Å². The highest BCUT2D eigenvalue weighted by Crippen LogP contribution is 2.18. The molecule has 7 heteroatoms. The number of anilines is 1. The lowest BCUT2D eigenvalue weighted by molar-refractivity contribution is 0.0931. The summed E-state index contributed by atoms with van der Waals surface area (Å²) in [6, 6.07) is 2.12. The number of nitrogens with one attached hydrogen (secondary N) is 1. The minimum absolute atomic E-state index is 0.0371. The molecule has 0 bridgehead atoms. The number of carbonyl (C=O) groups excluding carboxylic acids is 1. The summed E-state index contributed by atoms with van der Waals surface area (Å²) in [5.74, 6) is 0.989. The molecule has 0 spiro atoms. The zero-order chi connectivity index (χ0) is 13.1. The lowest BCUT2D eigenvalue weighted by Crippen LogP contribution is -2.44. The van der Waals surface area contributed by atoms with Gasteiger partial charge in [0, 0.05) is 30.1 Å². The molecule has 5 nitrogen and oxygen atoms in total. The first kappa shape index (κ1) is 12.6. The molecule has 0 unspecified atom stereocenters. The lowest BCUT2D eigenvalue weighted by atomic mass is 10.0. The Morgan fingerprint density at radius 3 is 2.89 bits per heavy atom. The van der Waals surface area contributed by atoms with Gasteiger partial charge in [0.05, 0.1) is 17.9 Å². The van der Waals surface area contributed by atoms with E-state index in [1.807, 2.05) is 16.8 Å². The second-order valence-corrected chi connectivity index (χ2v) is 5.85. The van der Waals surface area contributed by atoms with Crippen LogP contribution < -0.4 is 10.2 Å². The third-order valence-electron chi connectivity index (χ3n) is 3.29. The number of nitrogens with zero attached hydrogens (tertiary/aromatic N) is 3. The van der Waals surface area contributed by atoms with Crippen LogP contribution in [0.15, 0.2) is 23.0 Å². The van der Waals surface area contributed by atoms with Crippen LogP contribution >= 0.6 is 23.1 Å². The quantitative estimate of drug-likeness (QED) is 0.940. The van der Waals surface area contributed by atoms with Crippen molar-refractivity contribution in [3.8, 4) is 0 Å². The summed E-state index contributed by atoms with van der Waals surface area (Å²) in [5.41, 5.74) is 0.760. The van der Waals surface area contributed by atoms with E-state index in [9.17, 15) is 4.79 Å². The van der Waals surface area contributed by atoms with Gasteiger partial charge in [-0.3, -0.25) is 4.79 Å². The minimum atomic E-state index is 0.0371. The zero-order valence-electron chi connectivity index (χ0n) is 10.3. The second kappa shape index (κ2) is 5.66. The first-order chi connectivity index (χ1) is 9.33. The van der Waals surface area contributed by atoms with E-state index >= 15 is 0 Å². The molecule has 1 aliphatic rings. The average Bonchev–Trinajstić information content (AvgIpc) is 3.13. The van der Waals surface area contributed by atoms with Crippen molar-refractivity contribution in [1.82, 2.24) is 14.1 Å². The van der Waals surface area contributed by atoms with Gasteiger partial charge in [-0.05, 0) is 24.3 Å². The molecule has 0 atom stereocenters. The van der Waals surface area contributed by atoms with Gasteiger partial charge in [0.25, 0.3) is 5.91 Å². The fourth-order valence-electron chi connectivity index (χ4n) is 2.21. The maximum atomic E-state index is 11.9. The van der Waals surface area contributed by atoms with Crippen molar-refractivity contribution in [3.05, 3.63) is 28.6 Å². The molecule has 0 aliphatic carbocycles. The second-order valence-electron chi connectivity index (χ2n) is 4.51. The first-order valence-corrected chi connectivity index (χ1v) is 7.86. The SMILES string of the molecule is O=C(NC1CCN(c2cnsn2)CC1)c1ccsc1. The van der Waals surface area contributed by atoms with Crippen molar-refractivity contribution in [1.29, 1.82) is 0 Å². The van der Waals surface area contributed by atoms with Crippen molar-refractivity contribution in [2.45, 2.75) is 18.9 Å². The van der Waals surface area contributed by atoms with Crippen molar-refractivity contribution >= 4 is 34.8 Å². The van der Waals surface area contributed by atoms with Gasteiger partial charge in [-0.25, -0.2) is 0 Å². The van der Waals surface area contributed by atoms with Crippen molar-refractivity contribution < 1.29 is 4.79 Å². The monoisotopic (exact) mass is 294 g/mol. The molecule has 0 saturated carbocycles. The fourth-order valence-corrected chi connectivity index (χ4v) is 3.29. The van der Waals surface area contributed by atoms with Gasteiger partial charge in [-0.15, -0.1) is 0 Å². The van der Waals surface area contributed by atoms with Crippen LogP contribution in [0.4, 0.5) is 5.82 Å². The summed E-state index contributed by atoms with van der Waals surface area (Å²) in [7, 11) is 0. The number of hydrogen-bond acceptors (Lipinski definition) is 6. The van der Waals surface area contributed by atoms with Crippen LogP contribution in [-0.4, -0.2) is 33.8 Å². The van der Waals surface area contributed by atoms with Gasteiger partial charge < -0.3 is 10.2 Å². The van der Waals surface area contributed by atoms with Crippen molar-refractivity contribution in [2.24, 2.45) is 0 Å². The van der Waals surface area contributed by atoms with Crippen LogP contribution in [-0.2, 0) is 0 Å². The third-order valence-corrected chi connectivity index (χ3v) is 4.44. The highest BCUT2D eigenvalue weighted by molar-refractivity contribution is 7.08. The smallest absolute Gasteiger partial charge is 0.252 e. The van der Waals surface area contributed by atoms with Crippen molar-refractivity contribution in [3.63, 3.8) is 0 Å². The van der Waals surface area contributed by atoms with Crippen molar-refractivity contribution in [2.75, 3.05) is 18.0 Å². The van der Waals surface area contributed by atoms with E-state index in [1.165, 1.54) is 11.7 Å². The number of rotatable bonds is 3. The molecule has 0 aromatic carbocycles. The molecule has 1 fully saturated rings. The molecule has 2 aromatic rings. The van der Waals surface area contributed by atoms with Crippen LogP contribution in [0.3, 0.4) is 0 Å². The van der Waals surface area contributed by atoms with Gasteiger partial charge in [-0.2, -0.15) is 20.1 Å². The van der Waals surface area contributed by atoms with E-state index in [4.69, 9.17) is 0 Å². The molecule has 3 heterocycles. The summed E-state index contributed by atoms with van der Waals surface area (Å²) in [6.07, 6.45) is 3.70. The van der Waals surface area contributed by atoms with Crippen LogP contribution in [0, 0.1) is 0 Å². The normalized spacial score (nSPS) is 16.5. The molecule has 0 radical (unpaired) electrons. The summed E-state index contributed by atoms with van der Waals surface area (Å²) < 4.78 is 8.26. The molecule has 3 rings (SSSR count). The van der Waals surface area contributed by atoms with E-state index in [2.05, 4.69) is 19.0 Å². The average molecular weight is 294 g/mol.